The van der Waals surface area contributed by atoms with Crippen LogP contribution < -0.4 is 10.6 Å². The van der Waals surface area contributed by atoms with Crippen LogP contribution in [0.2, 0.25) is 5.02 Å². The van der Waals surface area contributed by atoms with Crippen LogP contribution in [0.15, 0.2) is 22.6 Å². The summed E-state index contributed by atoms with van der Waals surface area (Å²) in [4.78, 5) is 6.78. The molecule has 2 heterocycles. The number of hydrogen-bond acceptors (Lipinski definition) is 4. The molecule has 19 heavy (non-hydrogen) atoms. The minimum Gasteiger partial charge on any atom is -0.423 e. The fraction of sp³-hybridized carbons (Fsp3) is 0.500. The van der Waals surface area contributed by atoms with E-state index in [1.165, 1.54) is 6.42 Å². The van der Waals surface area contributed by atoms with Gasteiger partial charge in [0.05, 0.1) is 0 Å². The van der Waals surface area contributed by atoms with Crippen molar-refractivity contribution in [3.8, 4) is 0 Å². The topological polar surface area (TPSA) is 55.3 Å². The molecule has 0 unspecified atom stereocenters. The van der Waals surface area contributed by atoms with Gasteiger partial charge in [0.15, 0.2) is 5.58 Å². The van der Waals surface area contributed by atoms with E-state index in [0.717, 1.165) is 43.0 Å². The molecule has 1 aromatic heterocycles. The van der Waals surface area contributed by atoms with Crippen LogP contribution in [0.3, 0.4) is 0 Å². The van der Waals surface area contributed by atoms with Crippen molar-refractivity contribution >= 4 is 28.7 Å². The van der Waals surface area contributed by atoms with Gasteiger partial charge in [-0.05, 0) is 42.9 Å². The zero-order valence-corrected chi connectivity index (χ0v) is 11.4. The Morgan fingerprint density at radius 1 is 1.42 bits per heavy atom. The standard InChI is InChI=1S/C14H16ClN3O/c15-9-1-2-12-11(5-9)17-13(19-12)18-4-3-14(8-18)6-10(16)7-14/h1-2,5,10H,3-4,6-8,16H2. The van der Waals surface area contributed by atoms with Crippen LogP contribution in [0.25, 0.3) is 11.1 Å². The van der Waals surface area contributed by atoms with E-state index in [2.05, 4.69) is 9.88 Å². The van der Waals surface area contributed by atoms with Crippen LogP contribution in [0.4, 0.5) is 6.01 Å². The Balaban J connectivity index is 1.61. The van der Waals surface area contributed by atoms with Crippen LogP contribution in [-0.4, -0.2) is 24.1 Å². The Hall–Kier alpha value is -1.26. The molecule has 2 N–H and O–H groups in total. The van der Waals surface area contributed by atoms with Gasteiger partial charge in [-0.1, -0.05) is 11.6 Å². The van der Waals surface area contributed by atoms with Crippen molar-refractivity contribution in [2.75, 3.05) is 18.0 Å². The van der Waals surface area contributed by atoms with Crippen molar-refractivity contribution < 1.29 is 4.42 Å². The van der Waals surface area contributed by atoms with E-state index in [1.807, 2.05) is 18.2 Å². The molecule has 0 bridgehead atoms. The SMILES string of the molecule is NC1CC2(CCN(c3nc4cc(Cl)ccc4o3)C2)C1. The number of aromatic nitrogens is 1. The molecule has 1 spiro atoms. The molecule has 1 saturated heterocycles. The number of anilines is 1. The molecule has 1 aliphatic heterocycles. The number of nitrogens with two attached hydrogens (primary N) is 1. The first-order valence-corrected chi connectivity index (χ1v) is 7.08. The van der Waals surface area contributed by atoms with E-state index in [9.17, 15) is 0 Å². The highest BCUT2D eigenvalue weighted by atomic mass is 35.5. The first kappa shape index (κ1) is 11.6. The number of fused-ring (bicyclic) bond motifs is 1. The number of halogens is 1. The van der Waals surface area contributed by atoms with Gasteiger partial charge < -0.3 is 15.1 Å². The average Bonchev–Trinajstić information content (AvgIpc) is 2.91. The lowest BCUT2D eigenvalue weighted by Crippen LogP contribution is -2.47. The number of rotatable bonds is 1. The van der Waals surface area contributed by atoms with Gasteiger partial charge >= 0.3 is 0 Å². The van der Waals surface area contributed by atoms with Gasteiger partial charge in [0, 0.05) is 24.2 Å². The second kappa shape index (κ2) is 3.87. The molecule has 2 aromatic rings. The first-order valence-electron chi connectivity index (χ1n) is 6.70. The Morgan fingerprint density at radius 2 is 2.26 bits per heavy atom. The lowest BCUT2D eigenvalue weighted by atomic mass is 9.65. The summed E-state index contributed by atoms with van der Waals surface area (Å²) in [6.45, 7) is 2.02. The maximum Gasteiger partial charge on any atom is 0.298 e. The summed E-state index contributed by atoms with van der Waals surface area (Å²) in [7, 11) is 0. The maximum absolute atomic E-state index is 5.97. The molecule has 2 aliphatic rings. The first-order chi connectivity index (χ1) is 9.13. The highest BCUT2D eigenvalue weighted by Gasteiger charge is 2.47. The van der Waals surface area contributed by atoms with E-state index in [1.54, 1.807) is 0 Å². The number of nitrogens with zero attached hydrogens (tertiary/aromatic N) is 2. The van der Waals surface area contributed by atoms with Gasteiger partial charge in [-0.15, -0.1) is 0 Å². The van der Waals surface area contributed by atoms with E-state index >= 15 is 0 Å². The largest absolute Gasteiger partial charge is 0.423 e. The van der Waals surface area contributed by atoms with E-state index in [4.69, 9.17) is 21.8 Å². The minimum absolute atomic E-state index is 0.391. The summed E-state index contributed by atoms with van der Waals surface area (Å²) in [5, 5.41) is 0.690. The third-order valence-corrected chi connectivity index (χ3v) is 4.67. The van der Waals surface area contributed by atoms with Crippen molar-refractivity contribution in [1.29, 1.82) is 0 Å². The summed E-state index contributed by atoms with van der Waals surface area (Å²) in [6.07, 6.45) is 3.46. The summed E-state index contributed by atoms with van der Waals surface area (Å²) in [5.41, 5.74) is 7.96. The van der Waals surface area contributed by atoms with Gasteiger partial charge in [-0.3, -0.25) is 0 Å². The quantitative estimate of drug-likeness (QED) is 0.871. The smallest absolute Gasteiger partial charge is 0.298 e. The lowest BCUT2D eigenvalue weighted by Gasteiger charge is -2.43. The van der Waals surface area contributed by atoms with Crippen LogP contribution in [0.1, 0.15) is 19.3 Å². The molecule has 0 amide bonds. The summed E-state index contributed by atoms with van der Waals surface area (Å²) < 4.78 is 5.82. The van der Waals surface area contributed by atoms with Crippen molar-refractivity contribution in [1.82, 2.24) is 4.98 Å². The minimum atomic E-state index is 0.391. The molecule has 1 aromatic carbocycles. The van der Waals surface area contributed by atoms with Gasteiger partial charge in [0.1, 0.15) is 5.52 Å². The van der Waals surface area contributed by atoms with Crippen LogP contribution in [0.5, 0.6) is 0 Å². The van der Waals surface area contributed by atoms with Crippen molar-refractivity contribution in [2.45, 2.75) is 25.3 Å². The third kappa shape index (κ3) is 1.82. The predicted octanol–water partition coefficient (Wildman–Crippen LogP) is 2.80. The van der Waals surface area contributed by atoms with Crippen LogP contribution in [-0.2, 0) is 0 Å². The normalized spacial score (nSPS) is 30.2. The highest BCUT2D eigenvalue weighted by Crippen LogP contribution is 2.48. The Bertz CT molecular complexity index is 633. The maximum atomic E-state index is 5.97. The lowest BCUT2D eigenvalue weighted by molar-refractivity contribution is 0.132. The molecule has 100 valence electrons. The fourth-order valence-electron chi connectivity index (χ4n) is 3.51. The van der Waals surface area contributed by atoms with Gasteiger partial charge in [0.2, 0.25) is 0 Å². The summed E-state index contributed by atoms with van der Waals surface area (Å²) in [6, 6.07) is 6.65. The monoisotopic (exact) mass is 277 g/mol. The fourth-order valence-corrected chi connectivity index (χ4v) is 3.67. The Morgan fingerprint density at radius 3 is 3.05 bits per heavy atom. The van der Waals surface area contributed by atoms with Crippen LogP contribution >= 0.6 is 11.6 Å². The zero-order chi connectivity index (χ0) is 13.0. The highest BCUT2D eigenvalue weighted by molar-refractivity contribution is 6.31. The second-order valence-electron chi connectivity index (χ2n) is 5.95. The molecule has 1 aliphatic carbocycles. The Labute approximate surface area is 116 Å². The Kier molecular flexibility index (Phi) is 2.35. The average molecular weight is 278 g/mol. The number of oxazole rings is 1. The van der Waals surface area contributed by atoms with Gasteiger partial charge in [0.25, 0.3) is 6.01 Å². The van der Waals surface area contributed by atoms with Crippen molar-refractivity contribution in [3.05, 3.63) is 23.2 Å². The van der Waals surface area contributed by atoms with E-state index in [-0.39, 0.29) is 0 Å². The number of hydrogen-bond donors (Lipinski definition) is 1. The predicted molar refractivity (Wildman–Crippen MR) is 75.5 cm³/mol. The van der Waals surface area contributed by atoms with Gasteiger partial charge in [-0.25, -0.2) is 0 Å². The summed E-state index contributed by atoms with van der Waals surface area (Å²) in [5.74, 6) is 0. The summed E-state index contributed by atoms with van der Waals surface area (Å²) >= 11 is 5.97. The van der Waals surface area contributed by atoms with Gasteiger partial charge in [-0.2, -0.15) is 4.98 Å². The van der Waals surface area contributed by atoms with E-state index in [0.29, 0.717) is 16.5 Å². The molecule has 4 nitrogen and oxygen atoms in total. The van der Waals surface area contributed by atoms with E-state index < -0.39 is 0 Å². The number of benzene rings is 1. The molecule has 0 radical (unpaired) electrons. The molecule has 2 fully saturated rings. The molecule has 5 heteroatoms. The van der Waals surface area contributed by atoms with Crippen molar-refractivity contribution in [3.63, 3.8) is 0 Å². The molecule has 4 rings (SSSR count). The molecular weight excluding hydrogens is 262 g/mol. The molecule has 1 saturated carbocycles. The zero-order valence-electron chi connectivity index (χ0n) is 10.6. The molecular formula is C14H16ClN3O. The van der Waals surface area contributed by atoms with Crippen molar-refractivity contribution in [2.24, 2.45) is 11.1 Å². The second-order valence-corrected chi connectivity index (χ2v) is 6.38. The van der Waals surface area contributed by atoms with Crippen LogP contribution in [0, 0.1) is 5.41 Å². The molecule has 0 atom stereocenters. The third-order valence-electron chi connectivity index (χ3n) is 4.44.